The second-order valence-electron chi connectivity index (χ2n) is 4.33. The average molecular weight is 235 g/mol. The predicted molar refractivity (Wildman–Crippen MR) is 56.5 cm³/mol. The first kappa shape index (κ1) is 12.4. The smallest absolute Gasteiger partial charge is 0.320 e. The molecule has 0 radical (unpaired) electrons. The zero-order valence-corrected chi connectivity index (χ0v) is 9.75. The van der Waals surface area contributed by atoms with Gasteiger partial charge in [-0.2, -0.15) is 0 Å². The van der Waals surface area contributed by atoms with E-state index >= 15 is 0 Å². The van der Waals surface area contributed by atoms with Gasteiger partial charge in [-0.15, -0.1) is 0 Å². The monoisotopic (exact) mass is 235 g/mol. The second kappa shape index (κ2) is 4.49. The fourth-order valence-electron chi connectivity index (χ4n) is 1.73. The van der Waals surface area contributed by atoms with Gasteiger partial charge < -0.3 is 10.4 Å². The van der Waals surface area contributed by atoms with Crippen molar-refractivity contribution < 1.29 is 18.3 Å². The Morgan fingerprint density at radius 3 is 2.40 bits per heavy atom. The lowest BCUT2D eigenvalue weighted by Crippen LogP contribution is -2.46. The highest BCUT2D eigenvalue weighted by Crippen LogP contribution is 2.14. The minimum absolute atomic E-state index is 0.0502. The minimum Gasteiger partial charge on any atom is -0.480 e. The van der Waals surface area contributed by atoms with Crippen molar-refractivity contribution in [3.8, 4) is 0 Å². The van der Waals surface area contributed by atoms with E-state index in [0.717, 1.165) is 0 Å². The van der Waals surface area contributed by atoms with Gasteiger partial charge in [0.2, 0.25) is 0 Å². The van der Waals surface area contributed by atoms with Crippen LogP contribution in [0, 0.1) is 5.92 Å². The summed E-state index contributed by atoms with van der Waals surface area (Å²) in [7, 11) is -2.95. The molecule has 2 atom stereocenters. The number of aliphatic carboxylic acids is 1. The van der Waals surface area contributed by atoms with Crippen LogP contribution in [0.15, 0.2) is 0 Å². The number of carboxylic acids is 1. The third-order valence-corrected chi connectivity index (χ3v) is 4.35. The van der Waals surface area contributed by atoms with E-state index in [4.69, 9.17) is 5.11 Å². The zero-order chi connectivity index (χ0) is 11.6. The van der Waals surface area contributed by atoms with E-state index in [9.17, 15) is 13.2 Å². The van der Waals surface area contributed by atoms with Crippen molar-refractivity contribution in [1.29, 1.82) is 0 Å². The summed E-state index contributed by atoms with van der Waals surface area (Å²) >= 11 is 0. The first-order valence-electron chi connectivity index (χ1n) is 5.01. The lowest BCUT2D eigenvalue weighted by atomic mass is 10.0. The normalized spacial score (nSPS) is 26.7. The maximum absolute atomic E-state index is 11.2. The van der Waals surface area contributed by atoms with Crippen molar-refractivity contribution in [3.63, 3.8) is 0 Å². The Kier molecular flexibility index (Phi) is 3.72. The Bertz CT molecular complexity index is 336. The van der Waals surface area contributed by atoms with Crippen LogP contribution in [-0.2, 0) is 14.6 Å². The Labute approximate surface area is 89.8 Å². The van der Waals surface area contributed by atoms with Crippen molar-refractivity contribution in [1.82, 2.24) is 5.32 Å². The van der Waals surface area contributed by atoms with Crippen molar-refractivity contribution in [2.45, 2.75) is 32.4 Å². The third kappa shape index (κ3) is 3.46. The van der Waals surface area contributed by atoms with Gasteiger partial charge in [-0.05, 0) is 12.3 Å². The molecule has 1 saturated heterocycles. The number of hydrogen-bond donors (Lipinski definition) is 2. The van der Waals surface area contributed by atoms with E-state index in [2.05, 4.69) is 5.32 Å². The van der Waals surface area contributed by atoms with Crippen LogP contribution in [0.5, 0.6) is 0 Å². The van der Waals surface area contributed by atoms with Gasteiger partial charge >= 0.3 is 5.97 Å². The molecule has 5 nitrogen and oxygen atoms in total. The Hall–Kier alpha value is -0.620. The SMILES string of the molecule is CC(C)[C@@H](NC1CCS(=O)(=O)C1)C(=O)O. The molecule has 0 amide bonds. The Balaban J connectivity index is 2.58. The van der Waals surface area contributed by atoms with Gasteiger partial charge in [-0.1, -0.05) is 13.8 Å². The molecule has 1 rings (SSSR count). The molecule has 88 valence electrons. The first-order chi connectivity index (χ1) is 6.82. The molecule has 6 heteroatoms. The lowest BCUT2D eigenvalue weighted by Gasteiger charge is -2.21. The van der Waals surface area contributed by atoms with Gasteiger partial charge in [0.15, 0.2) is 9.84 Å². The molecule has 0 aromatic rings. The van der Waals surface area contributed by atoms with E-state index in [0.29, 0.717) is 6.42 Å². The standard InChI is InChI=1S/C9H17NO4S/c1-6(2)8(9(11)12)10-7-3-4-15(13,14)5-7/h6-8,10H,3-5H2,1-2H3,(H,11,12)/t7?,8-/m1/s1. The summed E-state index contributed by atoms with van der Waals surface area (Å²) in [5.41, 5.74) is 0. The number of nitrogens with one attached hydrogen (secondary N) is 1. The van der Waals surface area contributed by atoms with Crippen LogP contribution >= 0.6 is 0 Å². The van der Waals surface area contributed by atoms with Crippen molar-refractivity contribution in [2.24, 2.45) is 5.92 Å². The molecule has 0 aromatic carbocycles. The van der Waals surface area contributed by atoms with Crippen LogP contribution < -0.4 is 5.32 Å². The van der Waals surface area contributed by atoms with Gasteiger partial charge in [0, 0.05) is 6.04 Å². The summed E-state index contributed by atoms with van der Waals surface area (Å²) in [6.07, 6.45) is 0.513. The Morgan fingerprint density at radius 1 is 1.47 bits per heavy atom. The summed E-state index contributed by atoms with van der Waals surface area (Å²) in [6, 6.07) is -0.873. The van der Waals surface area contributed by atoms with Crippen LogP contribution in [0.4, 0.5) is 0 Å². The summed E-state index contributed by atoms with van der Waals surface area (Å²) < 4.78 is 22.3. The van der Waals surface area contributed by atoms with Gasteiger partial charge in [-0.25, -0.2) is 8.42 Å². The molecule has 2 N–H and O–H groups in total. The number of carboxylic acid groups (broad SMARTS) is 1. The minimum atomic E-state index is -2.95. The van der Waals surface area contributed by atoms with Crippen LogP contribution in [0.3, 0.4) is 0 Å². The number of hydrogen-bond acceptors (Lipinski definition) is 4. The molecule has 0 aliphatic carbocycles. The highest BCUT2D eigenvalue weighted by molar-refractivity contribution is 7.91. The molecule has 0 saturated carbocycles. The molecule has 15 heavy (non-hydrogen) atoms. The summed E-state index contributed by atoms with van der Waals surface area (Å²) in [5.74, 6) is -0.751. The van der Waals surface area contributed by atoms with E-state index in [1.807, 2.05) is 0 Å². The topological polar surface area (TPSA) is 83.5 Å². The largest absolute Gasteiger partial charge is 0.480 e. The number of rotatable bonds is 4. The van der Waals surface area contributed by atoms with E-state index in [-0.39, 0.29) is 23.5 Å². The summed E-state index contributed by atoms with van der Waals surface area (Å²) in [4.78, 5) is 10.9. The second-order valence-corrected chi connectivity index (χ2v) is 6.56. The number of sulfone groups is 1. The third-order valence-electron chi connectivity index (χ3n) is 2.58. The molecule has 1 heterocycles. The van der Waals surface area contributed by atoms with E-state index in [1.165, 1.54) is 0 Å². The zero-order valence-electron chi connectivity index (χ0n) is 8.93. The maximum atomic E-state index is 11.2. The van der Waals surface area contributed by atoms with Gasteiger partial charge in [0.25, 0.3) is 0 Å². The molecule has 1 aliphatic rings. The summed E-state index contributed by atoms with van der Waals surface area (Å²) in [6.45, 7) is 3.60. The predicted octanol–water partition coefficient (Wildman–Crippen LogP) is -0.128. The maximum Gasteiger partial charge on any atom is 0.320 e. The van der Waals surface area contributed by atoms with Crippen molar-refractivity contribution in [2.75, 3.05) is 11.5 Å². The first-order valence-corrected chi connectivity index (χ1v) is 6.83. The molecular formula is C9H17NO4S. The molecule has 0 bridgehead atoms. The molecular weight excluding hydrogens is 218 g/mol. The molecule has 1 fully saturated rings. The van der Waals surface area contributed by atoms with Crippen molar-refractivity contribution in [3.05, 3.63) is 0 Å². The highest BCUT2D eigenvalue weighted by Gasteiger charge is 2.32. The molecule has 0 aromatic heterocycles. The number of carbonyl (C=O) groups is 1. The fraction of sp³-hybridized carbons (Fsp3) is 0.889. The van der Waals surface area contributed by atoms with E-state index in [1.54, 1.807) is 13.8 Å². The highest BCUT2D eigenvalue weighted by atomic mass is 32.2. The fourth-order valence-corrected chi connectivity index (χ4v) is 3.42. The molecule has 1 aliphatic heterocycles. The molecule has 0 spiro atoms. The average Bonchev–Trinajstić information content (AvgIpc) is 2.40. The van der Waals surface area contributed by atoms with Gasteiger partial charge in [-0.3, -0.25) is 4.79 Å². The van der Waals surface area contributed by atoms with Gasteiger partial charge in [0.1, 0.15) is 6.04 Å². The van der Waals surface area contributed by atoms with Gasteiger partial charge in [0.05, 0.1) is 11.5 Å². The van der Waals surface area contributed by atoms with Crippen LogP contribution in [0.25, 0.3) is 0 Å². The van der Waals surface area contributed by atoms with Crippen LogP contribution in [0.1, 0.15) is 20.3 Å². The van der Waals surface area contributed by atoms with E-state index < -0.39 is 21.8 Å². The van der Waals surface area contributed by atoms with Crippen LogP contribution in [0.2, 0.25) is 0 Å². The van der Waals surface area contributed by atoms with Crippen LogP contribution in [-0.4, -0.2) is 43.1 Å². The summed E-state index contributed by atoms with van der Waals surface area (Å²) in [5, 5.41) is 11.8. The lowest BCUT2D eigenvalue weighted by molar-refractivity contribution is -0.140. The quantitative estimate of drug-likeness (QED) is 0.709. The van der Waals surface area contributed by atoms with Crippen molar-refractivity contribution >= 4 is 15.8 Å². The molecule has 1 unspecified atom stereocenters. The Morgan fingerprint density at radius 2 is 2.07 bits per heavy atom.